The molecule has 1 amide bonds. The zero-order valence-electron chi connectivity index (χ0n) is 9.69. The Hall–Kier alpha value is -1.06. The summed E-state index contributed by atoms with van der Waals surface area (Å²) in [5, 5.41) is 8.81. The minimum absolute atomic E-state index is 0.0705. The molecule has 0 aromatic rings. The van der Waals surface area contributed by atoms with Gasteiger partial charge in [0.05, 0.1) is 11.8 Å². The van der Waals surface area contributed by atoms with Crippen molar-refractivity contribution in [3.63, 3.8) is 0 Å². The van der Waals surface area contributed by atoms with Gasteiger partial charge in [-0.15, -0.1) is 0 Å². The molecule has 4 nitrogen and oxygen atoms in total. The smallest absolute Gasteiger partial charge is 0.307 e. The molecule has 1 N–H and O–H groups in total. The van der Waals surface area contributed by atoms with Crippen LogP contribution in [0.5, 0.6) is 0 Å². The van der Waals surface area contributed by atoms with E-state index in [1.54, 1.807) is 0 Å². The number of carboxylic acid groups (broad SMARTS) is 1. The fourth-order valence-electron chi connectivity index (χ4n) is 2.15. The SMILES string of the molecule is CCCN(CC1CC1)C(=O)C1CC1C(=O)O. The number of hydrogen-bond acceptors (Lipinski definition) is 2. The second-order valence-corrected chi connectivity index (χ2v) is 5.01. The van der Waals surface area contributed by atoms with Gasteiger partial charge >= 0.3 is 5.97 Å². The van der Waals surface area contributed by atoms with Crippen LogP contribution in [0.4, 0.5) is 0 Å². The van der Waals surface area contributed by atoms with Crippen LogP contribution < -0.4 is 0 Å². The van der Waals surface area contributed by atoms with Crippen molar-refractivity contribution in [3.8, 4) is 0 Å². The second kappa shape index (κ2) is 4.44. The van der Waals surface area contributed by atoms with Crippen molar-refractivity contribution >= 4 is 11.9 Å². The molecule has 2 fully saturated rings. The summed E-state index contributed by atoms with van der Waals surface area (Å²) in [6, 6.07) is 0. The molecule has 0 aliphatic heterocycles. The summed E-state index contributed by atoms with van der Waals surface area (Å²) in [5.74, 6) is -0.714. The third-order valence-electron chi connectivity index (χ3n) is 3.41. The maximum Gasteiger partial charge on any atom is 0.307 e. The van der Waals surface area contributed by atoms with Crippen molar-refractivity contribution in [2.45, 2.75) is 32.6 Å². The van der Waals surface area contributed by atoms with Crippen LogP contribution in [-0.2, 0) is 9.59 Å². The average Bonchev–Trinajstić information content (AvgIpc) is 3.10. The van der Waals surface area contributed by atoms with Gasteiger partial charge in [-0.25, -0.2) is 0 Å². The van der Waals surface area contributed by atoms with Crippen LogP contribution in [0.25, 0.3) is 0 Å². The molecule has 0 bridgehead atoms. The molecule has 0 heterocycles. The van der Waals surface area contributed by atoms with E-state index in [1.165, 1.54) is 12.8 Å². The van der Waals surface area contributed by atoms with Crippen molar-refractivity contribution in [3.05, 3.63) is 0 Å². The third kappa shape index (κ3) is 2.54. The third-order valence-corrected chi connectivity index (χ3v) is 3.41. The van der Waals surface area contributed by atoms with E-state index in [9.17, 15) is 9.59 Å². The van der Waals surface area contributed by atoms with Crippen molar-refractivity contribution in [1.82, 2.24) is 4.90 Å². The molecule has 0 spiro atoms. The molecule has 2 aliphatic carbocycles. The van der Waals surface area contributed by atoms with E-state index in [-0.39, 0.29) is 11.8 Å². The predicted molar refractivity (Wildman–Crippen MR) is 58.8 cm³/mol. The first-order valence-corrected chi connectivity index (χ1v) is 6.15. The average molecular weight is 225 g/mol. The normalized spacial score (nSPS) is 27.6. The highest BCUT2D eigenvalue weighted by molar-refractivity contribution is 5.89. The summed E-state index contributed by atoms with van der Waals surface area (Å²) in [7, 11) is 0. The number of nitrogens with zero attached hydrogens (tertiary/aromatic N) is 1. The van der Waals surface area contributed by atoms with Crippen molar-refractivity contribution < 1.29 is 14.7 Å². The fraction of sp³-hybridized carbons (Fsp3) is 0.833. The van der Waals surface area contributed by atoms with Crippen LogP contribution in [0.15, 0.2) is 0 Å². The van der Waals surface area contributed by atoms with Crippen LogP contribution in [0.2, 0.25) is 0 Å². The van der Waals surface area contributed by atoms with Gasteiger partial charge in [0.15, 0.2) is 0 Å². The fourth-order valence-corrected chi connectivity index (χ4v) is 2.15. The molecule has 2 aliphatic rings. The molecule has 2 atom stereocenters. The summed E-state index contributed by atoms with van der Waals surface area (Å²) in [5.41, 5.74) is 0. The van der Waals surface area contributed by atoms with Crippen molar-refractivity contribution in [1.29, 1.82) is 0 Å². The predicted octanol–water partition coefficient (Wildman–Crippen LogP) is 1.36. The Morgan fingerprint density at radius 1 is 1.31 bits per heavy atom. The molecule has 2 saturated carbocycles. The van der Waals surface area contributed by atoms with Gasteiger partial charge < -0.3 is 10.0 Å². The summed E-state index contributed by atoms with van der Waals surface area (Å²) < 4.78 is 0. The first-order chi connectivity index (χ1) is 7.63. The Morgan fingerprint density at radius 3 is 2.44 bits per heavy atom. The number of carbonyl (C=O) groups is 2. The standard InChI is InChI=1S/C12H19NO3/c1-2-5-13(7-8-3-4-8)11(14)9-6-10(9)12(15)16/h8-10H,2-7H2,1H3,(H,15,16). The molecule has 0 radical (unpaired) electrons. The molecule has 2 rings (SSSR count). The van der Waals surface area contributed by atoms with E-state index < -0.39 is 11.9 Å². The Bertz CT molecular complexity index is 299. The number of carbonyl (C=O) groups excluding carboxylic acids is 1. The summed E-state index contributed by atoms with van der Waals surface area (Å²) in [4.78, 5) is 24.6. The molecule has 0 aromatic heterocycles. The molecule has 0 aromatic carbocycles. The zero-order chi connectivity index (χ0) is 11.7. The highest BCUT2D eigenvalue weighted by Crippen LogP contribution is 2.41. The van der Waals surface area contributed by atoms with Gasteiger partial charge in [0.25, 0.3) is 0 Å². The van der Waals surface area contributed by atoms with E-state index in [4.69, 9.17) is 5.11 Å². The van der Waals surface area contributed by atoms with Crippen molar-refractivity contribution in [2.75, 3.05) is 13.1 Å². The van der Waals surface area contributed by atoms with E-state index in [1.807, 2.05) is 4.90 Å². The topological polar surface area (TPSA) is 57.6 Å². The molecule has 90 valence electrons. The maximum atomic E-state index is 12.0. The molecule has 2 unspecified atom stereocenters. The highest BCUT2D eigenvalue weighted by atomic mass is 16.4. The van der Waals surface area contributed by atoms with E-state index >= 15 is 0 Å². The quantitative estimate of drug-likeness (QED) is 0.742. The van der Waals surface area contributed by atoms with Gasteiger partial charge in [-0.1, -0.05) is 6.92 Å². The van der Waals surface area contributed by atoms with Gasteiger partial charge in [0, 0.05) is 13.1 Å². The van der Waals surface area contributed by atoms with Crippen molar-refractivity contribution in [2.24, 2.45) is 17.8 Å². The Morgan fingerprint density at radius 2 is 2.00 bits per heavy atom. The van der Waals surface area contributed by atoms with Crippen LogP contribution in [-0.4, -0.2) is 35.0 Å². The first-order valence-electron chi connectivity index (χ1n) is 6.15. The molecule has 0 saturated heterocycles. The van der Waals surface area contributed by atoms with Gasteiger partial charge in [0.2, 0.25) is 5.91 Å². The van der Waals surface area contributed by atoms with Crippen LogP contribution in [0, 0.1) is 17.8 Å². The molecular weight excluding hydrogens is 206 g/mol. The lowest BCUT2D eigenvalue weighted by Crippen LogP contribution is -2.35. The van der Waals surface area contributed by atoms with Gasteiger partial charge in [-0.2, -0.15) is 0 Å². The van der Waals surface area contributed by atoms with Gasteiger partial charge in [-0.3, -0.25) is 9.59 Å². The van der Waals surface area contributed by atoms with Gasteiger partial charge in [0.1, 0.15) is 0 Å². The Balaban J connectivity index is 1.87. The monoisotopic (exact) mass is 225 g/mol. The van der Waals surface area contributed by atoms with E-state index in [2.05, 4.69) is 6.92 Å². The first kappa shape index (κ1) is 11.4. The minimum atomic E-state index is -0.818. The number of aliphatic carboxylic acids is 1. The summed E-state index contributed by atoms with van der Waals surface area (Å²) in [6.45, 7) is 3.67. The van der Waals surface area contributed by atoms with E-state index in [0.29, 0.717) is 12.3 Å². The van der Waals surface area contributed by atoms with Crippen LogP contribution in [0.3, 0.4) is 0 Å². The van der Waals surface area contributed by atoms with Crippen LogP contribution >= 0.6 is 0 Å². The number of rotatable bonds is 6. The lowest BCUT2D eigenvalue weighted by Gasteiger charge is -2.22. The van der Waals surface area contributed by atoms with Crippen LogP contribution in [0.1, 0.15) is 32.6 Å². The highest BCUT2D eigenvalue weighted by Gasteiger charge is 2.50. The Labute approximate surface area is 95.6 Å². The number of hydrogen-bond donors (Lipinski definition) is 1. The van der Waals surface area contributed by atoms with E-state index in [0.717, 1.165) is 19.5 Å². The maximum absolute atomic E-state index is 12.0. The summed E-state index contributed by atoms with van der Waals surface area (Å²) in [6.07, 6.45) is 3.93. The lowest BCUT2D eigenvalue weighted by molar-refractivity contribution is -0.142. The second-order valence-electron chi connectivity index (χ2n) is 5.01. The summed E-state index contributed by atoms with van der Waals surface area (Å²) >= 11 is 0. The Kier molecular flexibility index (Phi) is 3.17. The number of carboxylic acids is 1. The largest absolute Gasteiger partial charge is 0.481 e. The number of amides is 1. The minimum Gasteiger partial charge on any atom is -0.481 e. The molecule has 16 heavy (non-hydrogen) atoms. The zero-order valence-corrected chi connectivity index (χ0v) is 9.69. The molecule has 4 heteroatoms. The lowest BCUT2D eigenvalue weighted by atomic mass is 10.2. The van der Waals surface area contributed by atoms with Gasteiger partial charge in [-0.05, 0) is 31.6 Å². The molecular formula is C12H19NO3.